The summed E-state index contributed by atoms with van der Waals surface area (Å²) in [6.45, 7) is 0.0482. The van der Waals surface area contributed by atoms with Crippen molar-refractivity contribution in [1.29, 1.82) is 0 Å². The van der Waals surface area contributed by atoms with E-state index in [1.165, 1.54) is 32.1 Å². The van der Waals surface area contributed by atoms with Gasteiger partial charge >= 0.3 is 0 Å². The standard InChI is InChI=1S/C22H24N2O/c25-15-18-8-4-5-9-19(18)17-11-12-20-21(14-17)24-22(23-20)13-10-16-6-2-1-3-7-16/h4-5,8-14,16,25H,1-3,6-7,15H2,(H,23,24)/b13-10+. The SMILES string of the molecule is OCc1ccccc1-c1ccc2nc(/C=C/C3CCCCC3)[nH]c2c1. The molecule has 0 radical (unpaired) electrons. The van der Waals surface area contributed by atoms with Gasteiger partial charge in [0.25, 0.3) is 0 Å². The summed E-state index contributed by atoms with van der Waals surface area (Å²) in [5, 5.41) is 9.56. The molecule has 2 aromatic carbocycles. The van der Waals surface area contributed by atoms with Gasteiger partial charge in [-0.15, -0.1) is 0 Å². The van der Waals surface area contributed by atoms with Gasteiger partial charge in [-0.1, -0.05) is 55.7 Å². The van der Waals surface area contributed by atoms with Gasteiger partial charge in [0.2, 0.25) is 0 Å². The van der Waals surface area contributed by atoms with E-state index in [0.29, 0.717) is 5.92 Å². The van der Waals surface area contributed by atoms with E-state index in [2.05, 4.69) is 34.3 Å². The Morgan fingerprint density at radius 1 is 1.08 bits per heavy atom. The van der Waals surface area contributed by atoms with Crippen LogP contribution in [0.2, 0.25) is 0 Å². The number of hydrogen-bond acceptors (Lipinski definition) is 2. The molecule has 1 heterocycles. The van der Waals surface area contributed by atoms with Gasteiger partial charge in [-0.3, -0.25) is 0 Å². The van der Waals surface area contributed by atoms with Gasteiger partial charge in [0.15, 0.2) is 0 Å². The third-order valence-electron chi connectivity index (χ3n) is 5.17. The minimum absolute atomic E-state index is 0.0482. The number of H-pyrrole nitrogens is 1. The molecule has 0 spiro atoms. The van der Waals surface area contributed by atoms with Crippen LogP contribution in [0, 0.1) is 5.92 Å². The minimum atomic E-state index is 0.0482. The molecule has 0 saturated heterocycles. The van der Waals surface area contributed by atoms with Crippen LogP contribution in [0.25, 0.3) is 28.2 Å². The summed E-state index contributed by atoms with van der Waals surface area (Å²) >= 11 is 0. The molecule has 3 nitrogen and oxygen atoms in total. The van der Waals surface area contributed by atoms with E-state index in [0.717, 1.165) is 33.5 Å². The van der Waals surface area contributed by atoms with Crippen molar-refractivity contribution in [2.75, 3.05) is 0 Å². The Kier molecular flexibility index (Phi) is 4.66. The summed E-state index contributed by atoms with van der Waals surface area (Å²) in [6, 6.07) is 14.2. The molecular weight excluding hydrogens is 308 g/mol. The Morgan fingerprint density at radius 2 is 1.92 bits per heavy atom. The summed E-state index contributed by atoms with van der Waals surface area (Å²) in [4.78, 5) is 8.11. The lowest BCUT2D eigenvalue weighted by atomic mass is 9.89. The van der Waals surface area contributed by atoms with Crippen molar-refractivity contribution in [2.24, 2.45) is 5.92 Å². The predicted molar refractivity (Wildman–Crippen MR) is 103 cm³/mol. The smallest absolute Gasteiger partial charge is 0.130 e. The summed E-state index contributed by atoms with van der Waals surface area (Å²) in [6.07, 6.45) is 11.1. The number of rotatable bonds is 4. The first-order valence-electron chi connectivity index (χ1n) is 9.20. The van der Waals surface area contributed by atoms with Crippen LogP contribution in [0.3, 0.4) is 0 Å². The molecule has 3 heteroatoms. The van der Waals surface area contributed by atoms with E-state index in [9.17, 15) is 5.11 Å². The molecule has 25 heavy (non-hydrogen) atoms. The highest BCUT2D eigenvalue weighted by atomic mass is 16.3. The quantitative estimate of drug-likeness (QED) is 0.679. The van der Waals surface area contributed by atoms with Gasteiger partial charge in [-0.2, -0.15) is 0 Å². The van der Waals surface area contributed by atoms with Crippen LogP contribution in [-0.2, 0) is 6.61 Å². The van der Waals surface area contributed by atoms with Crippen molar-refractivity contribution in [1.82, 2.24) is 9.97 Å². The first-order chi connectivity index (χ1) is 12.3. The maximum absolute atomic E-state index is 9.56. The van der Waals surface area contributed by atoms with E-state index < -0.39 is 0 Å². The zero-order chi connectivity index (χ0) is 17.1. The maximum Gasteiger partial charge on any atom is 0.130 e. The molecule has 0 bridgehead atoms. The van der Waals surface area contributed by atoms with Gasteiger partial charge in [0, 0.05) is 0 Å². The number of aromatic amines is 1. The minimum Gasteiger partial charge on any atom is -0.392 e. The van der Waals surface area contributed by atoms with Crippen molar-refractivity contribution < 1.29 is 5.11 Å². The number of allylic oxidation sites excluding steroid dienone is 1. The molecule has 0 unspecified atom stereocenters. The van der Waals surface area contributed by atoms with Crippen molar-refractivity contribution in [2.45, 2.75) is 38.7 Å². The molecule has 1 fully saturated rings. The van der Waals surface area contributed by atoms with Crippen LogP contribution in [0.15, 0.2) is 48.5 Å². The van der Waals surface area contributed by atoms with Gasteiger partial charge in [-0.05, 0) is 53.7 Å². The molecule has 4 rings (SSSR count). The molecule has 1 saturated carbocycles. The van der Waals surface area contributed by atoms with Crippen LogP contribution in [0.5, 0.6) is 0 Å². The van der Waals surface area contributed by atoms with Gasteiger partial charge < -0.3 is 10.1 Å². The normalized spacial score (nSPS) is 16.0. The zero-order valence-electron chi connectivity index (χ0n) is 14.4. The average Bonchev–Trinajstić information content (AvgIpc) is 3.09. The molecule has 1 aliphatic carbocycles. The number of aliphatic hydroxyl groups excluding tert-OH is 1. The monoisotopic (exact) mass is 332 g/mol. The Labute approximate surface area is 148 Å². The molecular formula is C22H24N2O. The first-order valence-corrected chi connectivity index (χ1v) is 9.20. The van der Waals surface area contributed by atoms with Crippen LogP contribution < -0.4 is 0 Å². The van der Waals surface area contributed by atoms with Gasteiger partial charge in [0.1, 0.15) is 5.82 Å². The fourth-order valence-electron chi connectivity index (χ4n) is 3.77. The Morgan fingerprint density at radius 3 is 2.76 bits per heavy atom. The third kappa shape index (κ3) is 3.52. The second kappa shape index (κ2) is 7.24. The number of aromatic nitrogens is 2. The average molecular weight is 332 g/mol. The number of nitrogens with one attached hydrogen (secondary N) is 1. The topological polar surface area (TPSA) is 48.9 Å². The number of imidazole rings is 1. The lowest BCUT2D eigenvalue weighted by molar-refractivity contribution is 0.282. The number of hydrogen-bond donors (Lipinski definition) is 2. The lowest BCUT2D eigenvalue weighted by Gasteiger charge is -2.17. The van der Waals surface area contributed by atoms with Crippen LogP contribution in [0.4, 0.5) is 0 Å². The first kappa shape index (κ1) is 16.1. The van der Waals surface area contributed by atoms with Gasteiger partial charge in [0.05, 0.1) is 17.6 Å². The fraction of sp³-hybridized carbons (Fsp3) is 0.318. The van der Waals surface area contributed by atoms with E-state index in [1.54, 1.807) is 0 Å². The fourth-order valence-corrected chi connectivity index (χ4v) is 3.77. The molecule has 128 valence electrons. The second-order valence-electron chi connectivity index (χ2n) is 6.93. The molecule has 1 aromatic heterocycles. The predicted octanol–water partition coefficient (Wildman–Crippen LogP) is 5.32. The Bertz CT molecular complexity index is 888. The number of benzene rings is 2. The highest BCUT2D eigenvalue weighted by molar-refractivity contribution is 5.83. The maximum atomic E-state index is 9.56. The van der Waals surface area contributed by atoms with E-state index >= 15 is 0 Å². The molecule has 0 aliphatic heterocycles. The van der Waals surface area contributed by atoms with Crippen molar-refractivity contribution in [3.8, 4) is 11.1 Å². The van der Waals surface area contributed by atoms with Crippen LogP contribution in [-0.4, -0.2) is 15.1 Å². The van der Waals surface area contributed by atoms with Crippen molar-refractivity contribution in [3.05, 3.63) is 59.9 Å². The summed E-state index contributed by atoms with van der Waals surface area (Å²) in [5.41, 5.74) is 5.13. The van der Waals surface area contributed by atoms with Crippen LogP contribution >= 0.6 is 0 Å². The zero-order valence-corrected chi connectivity index (χ0v) is 14.4. The largest absolute Gasteiger partial charge is 0.392 e. The molecule has 0 atom stereocenters. The van der Waals surface area contributed by atoms with E-state index in [-0.39, 0.29) is 6.61 Å². The summed E-state index contributed by atoms with van der Waals surface area (Å²) < 4.78 is 0. The van der Waals surface area contributed by atoms with E-state index in [4.69, 9.17) is 0 Å². The molecule has 0 amide bonds. The molecule has 1 aliphatic rings. The summed E-state index contributed by atoms with van der Waals surface area (Å²) in [5.74, 6) is 1.63. The van der Waals surface area contributed by atoms with Gasteiger partial charge in [-0.25, -0.2) is 4.98 Å². The number of aliphatic hydroxyl groups is 1. The van der Waals surface area contributed by atoms with Crippen molar-refractivity contribution in [3.63, 3.8) is 0 Å². The summed E-state index contributed by atoms with van der Waals surface area (Å²) in [7, 11) is 0. The number of fused-ring (bicyclic) bond motifs is 1. The second-order valence-corrected chi connectivity index (χ2v) is 6.93. The molecule has 2 N–H and O–H groups in total. The van der Waals surface area contributed by atoms with E-state index in [1.807, 2.05) is 30.3 Å². The third-order valence-corrected chi connectivity index (χ3v) is 5.17. The highest BCUT2D eigenvalue weighted by Crippen LogP contribution is 2.28. The highest BCUT2D eigenvalue weighted by Gasteiger charge is 2.10. The Balaban J connectivity index is 1.62. The molecule has 3 aromatic rings. The van der Waals surface area contributed by atoms with Crippen LogP contribution in [0.1, 0.15) is 43.5 Å². The Hall–Kier alpha value is -2.39. The van der Waals surface area contributed by atoms with Crippen molar-refractivity contribution >= 4 is 17.1 Å². The lowest BCUT2D eigenvalue weighted by Crippen LogP contribution is -2.02. The number of nitrogens with zero attached hydrogens (tertiary/aromatic N) is 1.